The van der Waals surface area contributed by atoms with Crippen LogP contribution in [0.15, 0.2) is 35.3 Å². The zero-order valence-electron chi connectivity index (χ0n) is 13.4. The van der Waals surface area contributed by atoms with E-state index in [9.17, 15) is 18.0 Å². The minimum atomic E-state index is -4.86. The fourth-order valence-electron chi connectivity index (χ4n) is 2.25. The van der Waals surface area contributed by atoms with Gasteiger partial charge < -0.3 is 10.1 Å². The van der Waals surface area contributed by atoms with Gasteiger partial charge in [-0.1, -0.05) is 29.8 Å². The number of benzene rings is 2. The predicted octanol–water partition coefficient (Wildman–Crippen LogP) is 5.75. The average molecular weight is 371 g/mol. The fourth-order valence-corrected chi connectivity index (χ4v) is 2.50. The summed E-state index contributed by atoms with van der Waals surface area (Å²) in [5.41, 5.74) is 1.79. The van der Waals surface area contributed by atoms with Crippen LogP contribution >= 0.6 is 11.6 Å². The molecule has 4 nitrogen and oxygen atoms in total. The quantitative estimate of drug-likeness (QED) is 0.699. The number of aryl methyl sites for hydroxylation is 2. The van der Waals surface area contributed by atoms with Crippen molar-refractivity contribution in [3.8, 4) is 16.9 Å². The lowest BCUT2D eigenvalue weighted by Gasteiger charge is -2.18. The van der Waals surface area contributed by atoms with Crippen LogP contribution in [0, 0.1) is 13.8 Å². The van der Waals surface area contributed by atoms with Gasteiger partial charge in [0.25, 0.3) is 0 Å². The van der Waals surface area contributed by atoms with Crippen LogP contribution in [-0.2, 0) is 0 Å². The number of nitrogens with one attached hydrogen (secondary N) is 1. The molecule has 132 valence electrons. The van der Waals surface area contributed by atoms with Gasteiger partial charge >= 0.3 is 12.4 Å². The molecule has 2 aromatic rings. The number of anilines is 1. The average Bonchev–Trinajstić information content (AvgIpc) is 2.52. The molecule has 0 radical (unpaired) electrons. The van der Waals surface area contributed by atoms with Crippen LogP contribution in [0.2, 0.25) is 5.02 Å². The molecular formula is C17H14ClF3N2O2. The van der Waals surface area contributed by atoms with E-state index in [0.29, 0.717) is 16.8 Å². The van der Waals surface area contributed by atoms with Crippen molar-refractivity contribution < 1.29 is 22.7 Å². The zero-order valence-corrected chi connectivity index (χ0v) is 14.1. The van der Waals surface area contributed by atoms with E-state index in [-0.39, 0.29) is 21.9 Å². The van der Waals surface area contributed by atoms with Crippen LogP contribution in [0.5, 0.6) is 5.75 Å². The van der Waals surface area contributed by atoms with Gasteiger partial charge in [0, 0.05) is 11.3 Å². The highest BCUT2D eigenvalue weighted by atomic mass is 35.5. The summed E-state index contributed by atoms with van der Waals surface area (Å²) in [6.45, 7) is 6.33. The molecule has 0 saturated carbocycles. The summed E-state index contributed by atoms with van der Waals surface area (Å²) in [4.78, 5) is 14.6. The van der Waals surface area contributed by atoms with Gasteiger partial charge in [-0.2, -0.15) is 0 Å². The summed E-state index contributed by atoms with van der Waals surface area (Å²) in [5.74, 6) is -0.386. The third kappa shape index (κ3) is 4.51. The van der Waals surface area contributed by atoms with Gasteiger partial charge in [0.15, 0.2) is 0 Å². The second kappa shape index (κ2) is 7.14. The smallest absolute Gasteiger partial charge is 0.405 e. The Morgan fingerprint density at radius 3 is 2.44 bits per heavy atom. The monoisotopic (exact) mass is 370 g/mol. The molecule has 0 aliphatic heterocycles. The van der Waals surface area contributed by atoms with Crippen molar-refractivity contribution in [2.75, 3.05) is 5.32 Å². The van der Waals surface area contributed by atoms with E-state index < -0.39 is 12.4 Å². The van der Waals surface area contributed by atoms with Gasteiger partial charge in [-0.05, 0) is 49.4 Å². The van der Waals surface area contributed by atoms with E-state index in [4.69, 9.17) is 11.6 Å². The van der Waals surface area contributed by atoms with Crippen molar-refractivity contribution in [3.63, 3.8) is 0 Å². The standard InChI is InChI=1S/C17H14ClF3N2O2/c1-9-4-6-11(8-13(9)23-16(24)22-3)14-12(18)7-5-10(2)15(14)25-17(19,20)21/h4-8H,3H2,1-2H3,(H,23,24). The topological polar surface area (TPSA) is 50.7 Å². The van der Waals surface area contributed by atoms with Crippen LogP contribution in [0.4, 0.5) is 23.7 Å². The number of hydrogen-bond acceptors (Lipinski definition) is 2. The van der Waals surface area contributed by atoms with Gasteiger partial charge in [0.1, 0.15) is 5.75 Å². The number of carbonyl (C=O) groups excluding carboxylic acids is 1. The summed E-state index contributed by atoms with van der Waals surface area (Å²) in [5, 5.41) is 2.59. The highest BCUT2D eigenvalue weighted by Crippen LogP contribution is 2.42. The molecule has 0 saturated heterocycles. The van der Waals surface area contributed by atoms with Crippen LogP contribution < -0.4 is 10.1 Å². The zero-order chi connectivity index (χ0) is 18.8. The highest BCUT2D eigenvalue weighted by Gasteiger charge is 2.33. The summed E-state index contributed by atoms with van der Waals surface area (Å²) in [7, 11) is 0. The molecule has 1 N–H and O–H groups in total. The minimum Gasteiger partial charge on any atom is -0.405 e. The molecule has 25 heavy (non-hydrogen) atoms. The van der Waals surface area contributed by atoms with Gasteiger partial charge in [0.2, 0.25) is 0 Å². The first-order valence-corrected chi connectivity index (χ1v) is 7.43. The van der Waals surface area contributed by atoms with E-state index in [2.05, 4.69) is 21.8 Å². The Labute approximate surface area is 147 Å². The third-order valence-corrected chi connectivity index (χ3v) is 3.75. The van der Waals surface area contributed by atoms with Crippen LogP contribution in [-0.4, -0.2) is 19.1 Å². The highest BCUT2D eigenvalue weighted by molar-refractivity contribution is 6.33. The Morgan fingerprint density at radius 1 is 1.20 bits per heavy atom. The largest absolute Gasteiger partial charge is 0.573 e. The van der Waals surface area contributed by atoms with Gasteiger partial charge in [-0.15, -0.1) is 13.2 Å². The number of carbonyl (C=O) groups is 1. The molecule has 0 spiro atoms. The first-order chi connectivity index (χ1) is 11.6. The Kier molecular flexibility index (Phi) is 5.37. The Balaban J connectivity index is 2.62. The first kappa shape index (κ1) is 18.8. The number of amides is 2. The molecule has 0 heterocycles. The van der Waals surface area contributed by atoms with Crippen molar-refractivity contribution in [1.82, 2.24) is 0 Å². The molecule has 0 fully saturated rings. The first-order valence-electron chi connectivity index (χ1n) is 7.06. The third-order valence-electron chi connectivity index (χ3n) is 3.43. The molecule has 0 unspecified atom stereocenters. The summed E-state index contributed by atoms with van der Waals surface area (Å²) < 4.78 is 42.5. The molecule has 2 amide bonds. The number of aliphatic imine (C=N–C) groups is 1. The van der Waals surface area contributed by atoms with Gasteiger partial charge in [0.05, 0.1) is 5.02 Å². The second-order valence-corrected chi connectivity index (χ2v) is 5.64. The lowest BCUT2D eigenvalue weighted by molar-refractivity contribution is -0.274. The van der Waals surface area contributed by atoms with Crippen molar-refractivity contribution in [3.05, 3.63) is 46.5 Å². The van der Waals surface area contributed by atoms with E-state index >= 15 is 0 Å². The molecule has 0 aromatic heterocycles. The number of ether oxygens (including phenoxy) is 1. The fraction of sp³-hybridized carbons (Fsp3) is 0.176. The molecule has 2 rings (SSSR count). The van der Waals surface area contributed by atoms with Crippen molar-refractivity contribution >= 4 is 30.0 Å². The van der Waals surface area contributed by atoms with Crippen LogP contribution in [0.3, 0.4) is 0 Å². The lowest BCUT2D eigenvalue weighted by atomic mass is 9.99. The molecule has 0 bridgehead atoms. The van der Waals surface area contributed by atoms with E-state index in [1.807, 2.05) is 0 Å². The van der Waals surface area contributed by atoms with E-state index in [1.54, 1.807) is 19.1 Å². The second-order valence-electron chi connectivity index (χ2n) is 5.23. The van der Waals surface area contributed by atoms with Crippen molar-refractivity contribution in [2.24, 2.45) is 4.99 Å². The molecular weight excluding hydrogens is 357 g/mol. The maximum Gasteiger partial charge on any atom is 0.573 e. The van der Waals surface area contributed by atoms with Crippen LogP contribution in [0.1, 0.15) is 11.1 Å². The Hall–Kier alpha value is -2.54. The van der Waals surface area contributed by atoms with Crippen molar-refractivity contribution in [2.45, 2.75) is 20.2 Å². The maximum absolute atomic E-state index is 12.8. The summed E-state index contributed by atoms with van der Waals surface area (Å²) in [6.07, 6.45) is -4.86. The number of alkyl halides is 3. The summed E-state index contributed by atoms with van der Waals surface area (Å²) >= 11 is 6.13. The number of nitrogens with zero attached hydrogens (tertiary/aromatic N) is 1. The SMILES string of the molecule is C=NC(=O)Nc1cc(-c2c(Cl)ccc(C)c2OC(F)(F)F)ccc1C. The predicted molar refractivity (Wildman–Crippen MR) is 91.6 cm³/mol. The molecule has 2 aromatic carbocycles. The molecule has 8 heteroatoms. The molecule has 0 aliphatic carbocycles. The lowest BCUT2D eigenvalue weighted by Crippen LogP contribution is -2.18. The number of rotatable bonds is 3. The van der Waals surface area contributed by atoms with Crippen molar-refractivity contribution in [1.29, 1.82) is 0 Å². The number of urea groups is 1. The van der Waals surface area contributed by atoms with E-state index in [0.717, 1.165) is 0 Å². The van der Waals surface area contributed by atoms with Crippen LogP contribution in [0.25, 0.3) is 11.1 Å². The minimum absolute atomic E-state index is 0.0843. The summed E-state index contributed by atoms with van der Waals surface area (Å²) in [6, 6.07) is 6.98. The Bertz CT molecular complexity index is 835. The van der Waals surface area contributed by atoms with Gasteiger partial charge in [-0.25, -0.2) is 9.79 Å². The van der Waals surface area contributed by atoms with E-state index in [1.165, 1.54) is 25.1 Å². The number of halogens is 4. The van der Waals surface area contributed by atoms with Gasteiger partial charge in [-0.3, -0.25) is 0 Å². The molecule has 0 aliphatic rings. The Morgan fingerprint density at radius 2 is 1.84 bits per heavy atom. The number of hydrogen-bond donors (Lipinski definition) is 1. The molecule has 0 atom stereocenters. The maximum atomic E-state index is 12.8. The normalized spacial score (nSPS) is 11.1.